The molecule has 1 aromatic carbocycles. The van der Waals surface area contributed by atoms with Crippen LogP contribution in [-0.4, -0.2) is 22.5 Å². The van der Waals surface area contributed by atoms with E-state index in [4.69, 9.17) is 0 Å². The van der Waals surface area contributed by atoms with Crippen molar-refractivity contribution >= 4 is 44.3 Å². The first kappa shape index (κ1) is 14.2. The monoisotopic (exact) mass is 350 g/mol. The molecule has 2 nitrogen and oxygen atoms in total. The van der Waals surface area contributed by atoms with Gasteiger partial charge in [-0.25, -0.2) is 4.98 Å². The fourth-order valence-corrected chi connectivity index (χ4v) is 4.44. The number of thioether (sulfide) groups is 1. The van der Waals surface area contributed by atoms with Gasteiger partial charge in [0.1, 0.15) is 5.82 Å². The lowest BCUT2D eigenvalue weighted by molar-refractivity contribution is 0.639. The molecule has 4 heteroatoms. The summed E-state index contributed by atoms with van der Waals surface area (Å²) < 4.78 is 1.52. The molecule has 3 rings (SSSR count). The van der Waals surface area contributed by atoms with Gasteiger partial charge in [0.15, 0.2) is 0 Å². The first-order valence-corrected chi connectivity index (χ1v) is 9.08. The molecule has 0 aliphatic heterocycles. The molecule has 1 aliphatic rings. The topological polar surface area (TPSA) is 24.9 Å². The Morgan fingerprint density at radius 3 is 2.80 bits per heavy atom. The molecule has 106 valence electrons. The number of rotatable bonds is 4. The number of nitrogens with zero attached hydrogens (tertiary/aromatic N) is 1. The largest absolute Gasteiger partial charge is 0.368 e. The summed E-state index contributed by atoms with van der Waals surface area (Å²) in [4.78, 5) is 4.53. The van der Waals surface area contributed by atoms with Crippen LogP contribution in [0.3, 0.4) is 0 Å². The predicted octanol–water partition coefficient (Wildman–Crippen LogP) is 5.09. The highest BCUT2D eigenvalue weighted by Gasteiger charge is 2.32. The van der Waals surface area contributed by atoms with Gasteiger partial charge in [-0.3, -0.25) is 0 Å². The summed E-state index contributed by atoms with van der Waals surface area (Å²) in [7, 11) is 0. The van der Waals surface area contributed by atoms with Crippen LogP contribution in [0.25, 0.3) is 10.8 Å². The minimum atomic E-state index is 0.399. The molecule has 0 amide bonds. The summed E-state index contributed by atoms with van der Waals surface area (Å²) in [5.41, 5.74) is 0. The van der Waals surface area contributed by atoms with Crippen molar-refractivity contribution in [3.05, 3.63) is 34.9 Å². The van der Waals surface area contributed by atoms with E-state index >= 15 is 0 Å². The molecular formula is C16H19BrN2S. The van der Waals surface area contributed by atoms with Gasteiger partial charge in [0.2, 0.25) is 0 Å². The summed E-state index contributed by atoms with van der Waals surface area (Å²) in [6.45, 7) is 1.01. The summed E-state index contributed by atoms with van der Waals surface area (Å²) in [6.07, 6.45) is 9.47. The molecule has 20 heavy (non-hydrogen) atoms. The van der Waals surface area contributed by atoms with Crippen LogP contribution in [0, 0.1) is 0 Å². The minimum Gasteiger partial charge on any atom is -0.368 e. The highest BCUT2D eigenvalue weighted by Crippen LogP contribution is 2.40. The van der Waals surface area contributed by atoms with E-state index in [2.05, 4.69) is 56.8 Å². The Hall–Kier alpha value is -0.740. The second-order valence-corrected chi connectivity index (χ2v) is 7.57. The quantitative estimate of drug-likeness (QED) is 0.831. The highest BCUT2D eigenvalue weighted by molar-refractivity contribution is 9.10. The Kier molecular flexibility index (Phi) is 4.22. The molecule has 1 aliphatic carbocycles. The first-order valence-electron chi connectivity index (χ1n) is 7.06. The lowest BCUT2D eigenvalue weighted by Crippen LogP contribution is -2.30. The van der Waals surface area contributed by atoms with Crippen molar-refractivity contribution in [3.63, 3.8) is 0 Å². The Bertz CT molecular complexity index is 608. The molecule has 1 saturated carbocycles. The van der Waals surface area contributed by atoms with E-state index < -0.39 is 0 Å². The van der Waals surface area contributed by atoms with Crippen LogP contribution in [-0.2, 0) is 0 Å². The number of pyridine rings is 1. The van der Waals surface area contributed by atoms with Gasteiger partial charge in [0, 0.05) is 32.7 Å². The molecule has 1 N–H and O–H groups in total. The van der Waals surface area contributed by atoms with E-state index in [1.54, 1.807) is 0 Å². The maximum atomic E-state index is 4.53. The number of aromatic nitrogens is 1. The second-order valence-electron chi connectivity index (χ2n) is 5.44. The molecule has 0 unspecified atom stereocenters. The van der Waals surface area contributed by atoms with Gasteiger partial charge in [-0.1, -0.05) is 40.9 Å². The number of nitrogens with one attached hydrogen (secondary N) is 1. The molecule has 0 saturated heterocycles. The standard InChI is InChI=1S/C16H19BrN2S/c1-20-16(8-2-3-9-16)11-19-15-13-5-4-6-14(17)12(13)7-10-18-15/h4-7,10H,2-3,8-9,11H2,1H3,(H,18,19). The van der Waals surface area contributed by atoms with Gasteiger partial charge in [0.25, 0.3) is 0 Å². The lowest BCUT2D eigenvalue weighted by Gasteiger charge is -2.27. The summed E-state index contributed by atoms with van der Waals surface area (Å²) >= 11 is 5.62. The zero-order valence-corrected chi connectivity index (χ0v) is 14.1. The minimum absolute atomic E-state index is 0.399. The SMILES string of the molecule is CSC1(CNc2nccc3c(Br)cccc23)CCCC1. The Balaban J connectivity index is 1.86. The van der Waals surface area contributed by atoms with Crippen LogP contribution in [0.4, 0.5) is 5.82 Å². The molecule has 1 fully saturated rings. The van der Waals surface area contributed by atoms with Crippen LogP contribution < -0.4 is 5.32 Å². The van der Waals surface area contributed by atoms with Gasteiger partial charge in [-0.15, -0.1) is 0 Å². The molecular weight excluding hydrogens is 332 g/mol. The normalized spacial score (nSPS) is 17.5. The van der Waals surface area contributed by atoms with E-state index in [0.29, 0.717) is 4.75 Å². The number of fused-ring (bicyclic) bond motifs is 1. The molecule has 2 aromatic rings. The molecule has 1 heterocycles. The van der Waals surface area contributed by atoms with Crippen LogP contribution in [0.1, 0.15) is 25.7 Å². The third-order valence-electron chi connectivity index (χ3n) is 4.28. The number of hydrogen-bond acceptors (Lipinski definition) is 3. The summed E-state index contributed by atoms with van der Waals surface area (Å²) in [5.74, 6) is 1.00. The van der Waals surface area contributed by atoms with E-state index in [9.17, 15) is 0 Å². The third-order valence-corrected chi connectivity index (χ3v) is 6.39. The van der Waals surface area contributed by atoms with Crippen molar-refractivity contribution in [1.29, 1.82) is 0 Å². The van der Waals surface area contributed by atoms with Crippen molar-refractivity contribution in [2.45, 2.75) is 30.4 Å². The Morgan fingerprint density at radius 2 is 2.05 bits per heavy atom. The predicted molar refractivity (Wildman–Crippen MR) is 92.6 cm³/mol. The van der Waals surface area contributed by atoms with Crippen LogP contribution in [0.15, 0.2) is 34.9 Å². The molecule has 0 bridgehead atoms. The third kappa shape index (κ3) is 2.68. The highest BCUT2D eigenvalue weighted by atomic mass is 79.9. The van der Waals surface area contributed by atoms with Crippen LogP contribution in [0.2, 0.25) is 0 Å². The average molecular weight is 351 g/mol. The van der Waals surface area contributed by atoms with Gasteiger partial charge in [-0.2, -0.15) is 11.8 Å². The molecule has 0 atom stereocenters. The van der Waals surface area contributed by atoms with Gasteiger partial charge in [-0.05, 0) is 31.2 Å². The summed E-state index contributed by atoms with van der Waals surface area (Å²) in [6, 6.07) is 8.34. The molecule has 0 spiro atoms. The van der Waals surface area contributed by atoms with Crippen molar-refractivity contribution in [2.24, 2.45) is 0 Å². The number of hydrogen-bond donors (Lipinski definition) is 1. The van der Waals surface area contributed by atoms with E-state index in [-0.39, 0.29) is 0 Å². The first-order chi connectivity index (χ1) is 9.74. The number of anilines is 1. The Labute approximate surface area is 132 Å². The lowest BCUT2D eigenvalue weighted by atomic mass is 10.1. The number of benzene rings is 1. The maximum absolute atomic E-state index is 4.53. The maximum Gasteiger partial charge on any atom is 0.133 e. The molecule has 1 aromatic heterocycles. The van der Waals surface area contributed by atoms with E-state index in [1.807, 2.05) is 18.0 Å². The van der Waals surface area contributed by atoms with Gasteiger partial charge >= 0.3 is 0 Å². The smallest absolute Gasteiger partial charge is 0.133 e. The zero-order chi connectivity index (χ0) is 14.0. The Morgan fingerprint density at radius 1 is 1.25 bits per heavy atom. The van der Waals surface area contributed by atoms with Crippen molar-refractivity contribution < 1.29 is 0 Å². The summed E-state index contributed by atoms with van der Waals surface area (Å²) in [5, 5.41) is 6.00. The van der Waals surface area contributed by atoms with Gasteiger partial charge in [0.05, 0.1) is 0 Å². The zero-order valence-electron chi connectivity index (χ0n) is 11.7. The molecule has 0 radical (unpaired) electrons. The van der Waals surface area contributed by atoms with Gasteiger partial charge < -0.3 is 5.32 Å². The van der Waals surface area contributed by atoms with E-state index in [0.717, 1.165) is 16.8 Å². The van der Waals surface area contributed by atoms with Crippen molar-refractivity contribution in [1.82, 2.24) is 4.98 Å². The van der Waals surface area contributed by atoms with Crippen LogP contribution in [0.5, 0.6) is 0 Å². The fourth-order valence-electron chi connectivity index (χ4n) is 3.03. The fraction of sp³-hybridized carbons (Fsp3) is 0.438. The number of halogens is 1. The van der Waals surface area contributed by atoms with Crippen molar-refractivity contribution in [3.8, 4) is 0 Å². The van der Waals surface area contributed by atoms with Crippen molar-refractivity contribution in [2.75, 3.05) is 18.1 Å². The van der Waals surface area contributed by atoms with Crippen LogP contribution >= 0.6 is 27.7 Å². The second kappa shape index (κ2) is 5.94. The average Bonchev–Trinajstić information content (AvgIpc) is 2.95. The van der Waals surface area contributed by atoms with E-state index in [1.165, 1.54) is 36.5 Å².